The van der Waals surface area contributed by atoms with Crippen LogP contribution in [0.5, 0.6) is 0 Å². The second kappa shape index (κ2) is 3.49. The molecule has 0 saturated heterocycles. The van der Waals surface area contributed by atoms with Crippen molar-refractivity contribution in [3.05, 3.63) is 34.3 Å². The predicted molar refractivity (Wildman–Crippen MR) is 79.8 cm³/mol. The van der Waals surface area contributed by atoms with E-state index in [1.165, 1.54) is 29.9 Å². The molecular weight excluding hydrogens is 260 g/mol. The van der Waals surface area contributed by atoms with Gasteiger partial charge in [0.25, 0.3) is 0 Å². The van der Waals surface area contributed by atoms with Crippen LogP contribution < -0.4 is 0 Å². The van der Waals surface area contributed by atoms with Crippen LogP contribution in [0.15, 0.2) is 24.5 Å². The van der Waals surface area contributed by atoms with E-state index in [1.807, 2.05) is 22.7 Å². The van der Waals surface area contributed by atoms with Crippen molar-refractivity contribution >= 4 is 53.9 Å². The summed E-state index contributed by atoms with van der Waals surface area (Å²) in [4.78, 5) is 11.7. The highest BCUT2D eigenvalue weighted by atomic mass is 32.1. The number of fused-ring (bicyclic) bond motifs is 6. The molecule has 0 spiro atoms. The molecule has 0 amide bonds. The maximum Gasteiger partial charge on any atom is 0.0980 e. The molecule has 0 aliphatic heterocycles. The van der Waals surface area contributed by atoms with Gasteiger partial charge in [0.15, 0.2) is 0 Å². The number of aromatic nitrogens is 2. The number of benzene rings is 1. The third kappa shape index (κ3) is 1.27. The highest BCUT2D eigenvalue weighted by Crippen LogP contribution is 2.41. The largest absolute Gasteiger partial charge is 0.252 e. The van der Waals surface area contributed by atoms with Crippen molar-refractivity contribution in [2.45, 2.75) is 13.8 Å². The molecule has 4 rings (SSSR count). The summed E-state index contributed by atoms with van der Waals surface area (Å²) in [6.07, 6.45) is 3.56. The molecule has 1 aromatic carbocycles. The second-order valence-electron chi connectivity index (χ2n) is 4.45. The fraction of sp³-hybridized carbons (Fsp3) is 0.143. The summed E-state index contributed by atoms with van der Waals surface area (Å²) in [7, 11) is 0. The van der Waals surface area contributed by atoms with E-state index >= 15 is 0 Å². The van der Waals surface area contributed by atoms with Crippen LogP contribution in [0, 0.1) is 13.8 Å². The SMILES string of the molecule is Cc1cc2c3nccnc3c3cc(C)sc3c2s1. The minimum absolute atomic E-state index is 1.03. The van der Waals surface area contributed by atoms with Gasteiger partial charge in [-0.05, 0) is 26.0 Å². The van der Waals surface area contributed by atoms with Gasteiger partial charge in [-0.15, -0.1) is 22.7 Å². The van der Waals surface area contributed by atoms with E-state index in [-0.39, 0.29) is 0 Å². The minimum Gasteiger partial charge on any atom is -0.252 e. The second-order valence-corrected chi connectivity index (χ2v) is 6.97. The minimum atomic E-state index is 1.03. The molecule has 3 aromatic heterocycles. The molecule has 3 heterocycles. The van der Waals surface area contributed by atoms with Gasteiger partial charge in [-0.25, -0.2) is 0 Å². The fourth-order valence-electron chi connectivity index (χ4n) is 2.45. The number of hydrogen-bond acceptors (Lipinski definition) is 4. The molecule has 0 aliphatic rings. The molecule has 0 atom stereocenters. The van der Waals surface area contributed by atoms with Crippen molar-refractivity contribution in [3.63, 3.8) is 0 Å². The van der Waals surface area contributed by atoms with Crippen molar-refractivity contribution in [1.82, 2.24) is 9.97 Å². The molecule has 0 fully saturated rings. The summed E-state index contributed by atoms with van der Waals surface area (Å²) in [5, 5.41) is 2.49. The first-order valence-electron chi connectivity index (χ1n) is 5.77. The molecule has 0 radical (unpaired) electrons. The summed E-state index contributed by atoms with van der Waals surface area (Å²) in [5.41, 5.74) is 2.06. The predicted octanol–water partition coefficient (Wildman–Crippen LogP) is 4.68. The monoisotopic (exact) mass is 270 g/mol. The molecule has 2 nitrogen and oxygen atoms in total. The first-order chi connectivity index (χ1) is 8.74. The Kier molecular flexibility index (Phi) is 2.02. The van der Waals surface area contributed by atoms with Gasteiger partial charge in [-0.1, -0.05) is 0 Å². The smallest absolute Gasteiger partial charge is 0.0980 e. The van der Waals surface area contributed by atoms with Crippen LogP contribution in [0.25, 0.3) is 31.2 Å². The van der Waals surface area contributed by atoms with E-state index in [4.69, 9.17) is 0 Å². The van der Waals surface area contributed by atoms with Gasteiger partial charge < -0.3 is 0 Å². The normalized spacial score (nSPS) is 11.9. The van der Waals surface area contributed by atoms with Crippen molar-refractivity contribution in [2.75, 3.05) is 0 Å². The van der Waals surface area contributed by atoms with E-state index in [0.717, 1.165) is 11.0 Å². The van der Waals surface area contributed by atoms with Crippen molar-refractivity contribution in [1.29, 1.82) is 0 Å². The Hall–Kier alpha value is -1.52. The number of thiophene rings is 2. The van der Waals surface area contributed by atoms with E-state index in [1.54, 1.807) is 12.4 Å². The lowest BCUT2D eigenvalue weighted by molar-refractivity contribution is 1.31. The highest BCUT2D eigenvalue weighted by Gasteiger charge is 2.14. The molecule has 0 N–H and O–H groups in total. The number of nitrogens with zero attached hydrogens (tertiary/aromatic N) is 2. The molecular formula is C14H10N2S2. The Morgan fingerprint density at radius 1 is 0.778 bits per heavy atom. The molecule has 0 unspecified atom stereocenters. The van der Waals surface area contributed by atoms with Crippen LogP contribution >= 0.6 is 22.7 Å². The van der Waals surface area contributed by atoms with E-state index in [0.29, 0.717) is 0 Å². The van der Waals surface area contributed by atoms with Gasteiger partial charge in [0.2, 0.25) is 0 Å². The maximum absolute atomic E-state index is 4.53. The van der Waals surface area contributed by atoms with Gasteiger partial charge in [-0.3, -0.25) is 9.97 Å². The van der Waals surface area contributed by atoms with Gasteiger partial charge in [0.05, 0.1) is 20.4 Å². The van der Waals surface area contributed by atoms with Crippen LogP contribution in [0.3, 0.4) is 0 Å². The first kappa shape index (κ1) is 10.4. The summed E-state index contributed by atoms with van der Waals surface area (Å²) in [6, 6.07) is 4.46. The lowest BCUT2D eigenvalue weighted by atomic mass is 10.1. The Labute approximate surface area is 112 Å². The fourth-order valence-corrected chi connectivity index (χ4v) is 4.63. The average molecular weight is 270 g/mol. The zero-order valence-corrected chi connectivity index (χ0v) is 11.7. The molecule has 18 heavy (non-hydrogen) atoms. The summed E-state index contributed by atoms with van der Waals surface area (Å²) in [5.74, 6) is 0. The van der Waals surface area contributed by atoms with Crippen molar-refractivity contribution in [2.24, 2.45) is 0 Å². The van der Waals surface area contributed by atoms with Crippen LogP contribution in [0.2, 0.25) is 0 Å². The number of rotatable bonds is 0. The van der Waals surface area contributed by atoms with E-state index in [2.05, 4.69) is 35.9 Å². The Bertz CT molecular complexity index is 827. The topological polar surface area (TPSA) is 25.8 Å². The summed E-state index contributed by atoms with van der Waals surface area (Å²) in [6.45, 7) is 4.30. The van der Waals surface area contributed by atoms with Crippen LogP contribution in [-0.4, -0.2) is 9.97 Å². The molecule has 0 aliphatic carbocycles. The number of aryl methyl sites for hydroxylation is 2. The zero-order valence-electron chi connectivity index (χ0n) is 10.0. The molecule has 4 heteroatoms. The van der Waals surface area contributed by atoms with Crippen molar-refractivity contribution in [3.8, 4) is 0 Å². The summed E-state index contributed by atoms with van der Waals surface area (Å²) >= 11 is 3.70. The van der Waals surface area contributed by atoms with Crippen LogP contribution in [-0.2, 0) is 0 Å². The van der Waals surface area contributed by atoms with Gasteiger partial charge >= 0.3 is 0 Å². The lowest BCUT2D eigenvalue weighted by Crippen LogP contribution is -1.83. The van der Waals surface area contributed by atoms with Gasteiger partial charge in [0, 0.05) is 32.9 Å². The van der Waals surface area contributed by atoms with Gasteiger partial charge in [0.1, 0.15) is 0 Å². The van der Waals surface area contributed by atoms with Gasteiger partial charge in [-0.2, -0.15) is 0 Å². The first-order valence-corrected chi connectivity index (χ1v) is 7.40. The van der Waals surface area contributed by atoms with Crippen molar-refractivity contribution < 1.29 is 0 Å². The quantitative estimate of drug-likeness (QED) is 0.464. The molecule has 4 aromatic rings. The Balaban J connectivity index is 2.44. The zero-order chi connectivity index (χ0) is 12.3. The maximum atomic E-state index is 4.53. The third-order valence-corrected chi connectivity index (χ3v) is 5.39. The standard InChI is InChI=1S/C14H10N2S2/c1-7-5-9-11-12(16-4-3-15-11)10-6-8(2)18-14(10)13(9)17-7/h3-6H,1-2H3. The molecule has 0 saturated carbocycles. The summed E-state index contributed by atoms with van der Waals surface area (Å²) < 4.78 is 2.71. The number of hydrogen-bond donors (Lipinski definition) is 0. The van der Waals surface area contributed by atoms with Crippen LogP contribution in [0.1, 0.15) is 9.75 Å². The molecule has 0 bridgehead atoms. The van der Waals surface area contributed by atoms with E-state index in [9.17, 15) is 0 Å². The van der Waals surface area contributed by atoms with E-state index < -0.39 is 0 Å². The average Bonchev–Trinajstić information content (AvgIpc) is 2.92. The Morgan fingerprint density at radius 3 is 1.67 bits per heavy atom. The lowest BCUT2D eigenvalue weighted by Gasteiger charge is -2.00. The Morgan fingerprint density at radius 2 is 1.22 bits per heavy atom. The highest BCUT2D eigenvalue weighted by molar-refractivity contribution is 7.27. The molecule has 88 valence electrons. The van der Waals surface area contributed by atoms with Crippen LogP contribution in [0.4, 0.5) is 0 Å². The third-order valence-electron chi connectivity index (χ3n) is 3.13.